The molecule has 1 saturated carbocycles. The summed E-state index contributed by atoms with van der Waals surface area (Å²) in [6, 6.07) is 22.5. The van der Waals surface area contributed by atoms with Crippen LogP contribution in [0.15, 0.2) is 66.7 Å². The first kappa shape index (κ1) is 27.7. The number of nitrogens with one attached hydrogen (secondary N) is 2. The van der Waals surface area contributed by atoms with Crippen molar-refractivity contribution in [2.75, 3.05) is 24.5 Å². The number of halogens is 2. The molecule has 1 aliphatic rings. The number of nitriles is 1. The Balaban J connectivity index is 1.48. The summed E-state index contributed by atoms with van der Waals surface area (Å²) < 4.78 is 0. The predicted octanol–water partition coefficient (Wildman–Crippen LogP) is 6.13. The molecule has 0 aromatic heterocycles. The number of benzene rings is 3. The molecular weight excluding hydrogens is 519 g/mol. The van der Waals surface area contributed by atoms with Gasteiger partial charge in [0.2, 0.25) is 11.8 Å². The second kappa shape index (κ2) is 12.9. The molecule has 0 bridgehead atoms. The van der Waals surface area contributed by atoms with Gasteiger partial charge in [-0.25, -0.2) is 0 Å². The van der Waals surface area contributed by atoms with Gasteiger partial charge in [-0.1, -0.05) is 59.6 Å². The Morgan fingerprint density at radius 2 is 1.71 bits per heavy atom. The van der Waals surface area contributed by atoms with Crippen molar-refractivity contribution >= 4 is 40.7 Å². The predicted molar refractivity (Wildman–Crippen MR) is 152 cm³/mol. The molecule has 1 atom stereocenters. The minimum atomic E-state index is -0.398. The summed E-state index contributed by atoms with van der Waals surface area (Å²) in [6.45, 7) is 3.40. The van der Waals surface area contributed by atoms with E-state index in [1.165, 1.54) is 12.8 Å². The van der Waals surface area contributed by atoms with Crippen molar-refractivity contribution in [1.29, 1.82) is 5.26 Å². The van der Waals surface area contributed by atoms with Crippen LogP contribution in [0.25, 0.3) is 11.1 Å². The molecule has 0 saturated heterocycles. The molecular formula is C30H30Cl2N4O2. The first-order chi connectivity index (χ1) is 18.3. The number of anilines is 1. The molecule has 0 radical (unpaired) electrons. The molecule has 1 aliphatic carbocycles. The fraction of sp³-hybridized carbons (Fsp3) is 0.300. The fourth-order valence-electron chi connectivity index (χ4n) is 4.30. The zero-order valence-electron chi connectivity index (χ0n) is 21.2. The molecule has 0 aliphatic heterocycles. The molecule has 2 amide bonds. The van der Waals surface area contributed by atoms with Gasteiger partial charge in [0.15, 0.2) is 0 Å². The van der Waals surface area contributed by atoms with E-state index >= 15 is 0 Å². The molecule has 0 heterocycles. The molecule has 4 rings (SSSR count). The van der Waals surface area contributed by atoms with Crippen LogP contribution in [-0.4, -0.2) is 31.4 Å². The first-order valence-corrected chi connectivity index (χ1v) is 13.4. The zero-order valence-corrected chi connectivity index (χ0v) is 22.7. The highest BCUT2D eigenvalue weighted by atomic mass is 35.5. The summed E-state index contributed by atoms with van der Waals surface area (Å²) in [6.07, 6.45) is 2.73. The van der Waals surface area contributed by atoms with Gasteiger partial charge in [0.25, 0.3) is 0 Å². The van der Waals surface area contributed by atoms with E-state index in [4.69, 9.17) is 23.2 Å². The van der Waals surface area contributed by atoms with E-state index in [0.29, 0.717) is 27.8 Å². The quantitative estimate of drug-likeness (QED) is 0.281. The molecule has 0 unspecified atom stereocenters. The Kier molecular flexibility index (Phi) is 9.41. The lowest BCUT2D eigenvalue weighted by Crippen LogP contribution is -2.42. The third-order valence-electron chi connectivity index (χ3n) is 6.62. The summed E-state index contributed by atoms with van der Waals surface area (Å²) >= 11 is 12.6. The Morgan fingerprint density at radius 3 is 2.37 bits per heavy atom. The average molecular weight is 550 g/mol. The number of hydrogen-bond acceptors (Lipinski definition) is 5. The SMILES string of the molecule is C[C@@H](c1ccc(-c2cccc(C#N)c2)cc1)N(CC(=O)NC(=O)CCNCC1CC1)c1cc(Cl)cc(Cl)c1. The smallest absolute Gasteiger partial charge is 0.246 e. The van der Waals surface area contributed by atoms with Gasteiger partial charge in [-0.2, -0.15) is 5.26 Å². The van der Waals surface area contributed by atoms with Crippen LogP contribution < -0.4 is 15.5 Å². The van der Waals surface area contributed by atoms with Crippen molar-refractivity contribution in [2.24, 2.45) is 5.92 Å². The van der Waals surface area contributed by atoms with Gasteiger partial charge in [-0.3, -0.25) is 14.9 Å². The largest absolute Gasteiger partial charge is 0.355 e. The average Bonchev–Trinajstić information content (AvgIpc) is 3.73. The summed E-state index contributed by atoms with van der Waals surface area (Å²) in [4.78, 5) is 27.1. The van der Waals surface area contributed by atoms with Gasteiger partial charge in [-0.15, -0.1) is 0 Å². The van der Waals surface area contributed by atoms with Crippen molar-refractivity contribution in [3.05, 3.63) is 87.9 Å². The molecule has 6 nitrogen and oxygen atoms in total. The van der Waals surface area contributed by atoms with Crippen molar-refractivity contribution in [3.63, 3.8) is 0 Å². The zero-order chi connectivity index (χ0) is 27.1. The van der Waals surface area contributed by atoms with E-state index < -0.39 is 5.91 Å². The van der Waals surface area contributed by atoms with E-state index in [1.807, 2.05) is 54.3 Å². The molecule has 3 aromatic rings. The first-order valence-electron chi connectivity index (χ1n) is 12.7. The second-order valence-corrected chi connectivity index (χ2v) is 10.5. The topological polar surface area (TPSA) is 85.2 Å². The number of carbonyl (C=O) groups excluding carboxylic acids is 2. The summed E-state index contributed by atoms with van der Waals surface area (Å²) in [5, 5.41) is 15.9. The van der Waals surface area contributed by atoms with Gasteiger partial charge in [0.1, 0.15) is 0 Å². The molecule has 3 aromatic carbocycles. The van der Waals surface area contributed by atoms with E-state index in [2.05, 4.69) is 16.7 Å². The normalized spacial score (nSPS) is 13.4. The number of rotatable bonds is 11. The molecule has 38 heavy (non-hydrogen) atoms. The summed E-state index contributed by atoms with van der Waals surface area (Å²) in [5.74, 6) is 0.0279. The molecule has 8 heteroatoms. The third kappa shape index (κ3) is 7.82. The molecule has 196 valence electrons. The number of carbonyl (C=O) groups is 2. The minimum Gasteiger partial charge on any atom is -0.355 e. The molecule has 0 spiro atoms. The fourth-order valence-corrected chi connectivity index (χ4v) is 4.82. The van der Waals surface area contributed by atoms with Gasteiger partial charge in [0, 0.05) is 28.7 Å². The highest BCUT2D eigenvalue weighted by Crippen LogP contribution is 2.32. The number of imide groups is 1. The van der Waals surface area contributed by atoms with Crippen LogP contribution in [0.4, 0.5) is 5.69 Å². The van der Waals surface area contributed by atoms with Crippen LogP contribution in [0.1, 0.15) is 43.4 Å². The number of hydrogen-bond donors (Lipinski definition) is 2. The van der Waals surface area contributed by atoms with Crippen LogP contribution in [0.3, 0.4) is 0 Å². The van der Waals surface area contributed by atoms with Crippen LogP contribution in [0.2, 0.25) is 10.0 Å². The maximum Gasteiger partial charge on any atom is 0.246 e. The standard InChI is InChI=1S/C30H30Cl2N4O2/c1-20(23-7-9-24(10-8-23)25-4-2-3-22(13-25)17-33)36(28-15-26(31)14-27(32)16-28)19-30(38)35-29(37)11-12-34-18-21-5-6-21/h2-4,7-10,13-16,20-21,34H,5-6,11-12,18-19H2,1H3,(H,35,37,38)/t20-/m0/s1. The van der Waals surface area contributed by atoms with Crippen LogP contribution in [-0.2, 0) is 9.59 Å². The lowest BCUT2D eigenvalue weighted by Gasteiger charge is -2.31. The van der Waals surface area contributed by atoms with E-state index in [9.17, 15) is 14.9 Å². The summed E-state index contributed by atoms with van der Waals surface area (Å²) in [7, 11) is 0. The Hall–Kier alpha value is -3.37. The molecule has 1 fully saturated rings. The molecule has 2 N–H and O–H groups in total. The Morgan fingerprint density at radius 1 is 1.00 bits per heavy atom. The van der Waals surface area contributed by atoms with Crippen LogP contribution in [0, 0.1) is 17.2 Å². The van der Waals surface area contributed by atoms with Crippen molar-refractivity contribution in [2.45, 2.75) is 32.2 Å². The highest BCUT2D eigenvalue weighted by Gasteiger charge is 2.22. The number of amides is 2. The van der Waals surface area contributed by atoms with E-state index in [-0.39, 0.29) is 24.9 Å². The lowest BCUT2D eigenvalue weighted by atomic mass is 9.99. The van der Waals surface area contributed by atoms with Crippen LogP contribution in [0.5, 0.6) is 0 Å². The van der Waals surface area contributed by atoms with Gasteiger partial charge >= 0.3 is 0 Å². The second-order valence-electron chi connectivity index (χ2n) is 9.61. The van der Waals surface area contributed by atoms with Crippen LogP contribution >= 0.6 is 23.2 Å². The Bertz CT molecular complexity index is 1310. The van der Waals surface area contributed by atoms with Crippen molar-refractivity contribution < 1.29 is 9.59 Å². The third-order valence-corrected chi connectivity index (χ3v) is 7.05. The maximum absolute atomic E-state index is 12.9. The Labute approximate surface area is 233 Å². The maximum atomic E-state index is 12.9. The van der Waals surface area contributed by atoms with Gasteiger partial charge < -0.3 is 10.2 Å². The minimum absolute atomic E-state index is 0.0505. The van der Waals surface area contributed by atoms with Gasteiger partial charge in [0.05, 0.1) is 24.2 Å². The number of nitrogens with zero attached hydrogens (tertiary/aromatic N) is 2. The highest BCUT2D eigenvalue weighted by molar-refractivity contribution is 6.35. The van der Waals surface area contributed by atoms with E-state index in [0.717, 1.165) is 29.2 Å². The summed E-state index contributed by atoms with van der Waals surface area (Å²) in [5.41, 5.74) is 4.17. The van der Waals surface area contributed by atoms with Crippen molar-refractivity contribution in [3.8, 4) is 17.2 Å². The van der Waals surface area contributed by atoms with Crippen molar-refractivity contribution in [1.82, 2.24) is 10.6 Å². The monoisotopic (exact) mass is 548 g/mol. The lowest BCUT2D eigenvalue weighted by molar-refractivity contribution is -0.129. The van der Waals surface area contributed by atoms with E-state index in [1.54, 1.807) is 24.3 Å². The van der Waals surface area contributed by atoms with Gasteiger partial charge in [-0.05, 0) is 79.3 Å².